The Morgan fingerprint density at radius 3 is 2.58 bits per heavy atom. The van der Waals surface area contributed by atoms with Crippen molar-refractivity contribution in [1.29, 1.82) is 0 Å². The molecule has 0 radical (unpaired) electrons. The van der Waals surface area contributed by atoms with E-state index >= 15 is 0 Å². The molecule has 0 aromatic heterocycles. The normalized spacial score (nSPS) is 10.3. The van der Waals surface area contributed by atoms with Crippen molar-refractivity contribution < 1.29 is 14.0 Å². The number of aryl methyl sites for hydroxylation is 1. The van der Waals surface area contributed by atoms with Gasteiger partial charge >= 0.3 is 0 Å². The predicted molar refractivity (Wildman–Crippen MR) is 96.6 cm³/mol. The van der Waals surface area contributed by atoms with E-state index in [0.29, 0.717) is 11.4 Å². The van der Waals surface area contributed by atoms with Crippen LogP contribution in [-0.4, -0.2) is 18.4 Å². The first-order valence-electron chi connectivity index (χ1n) is 7.46. The van der Waals surface area contributed by atoms with Crippen LogP contribution in [0.5, 0.6) is 0 Å². The van der Waals surface area contributed by atoms with E-state index in [9.17, 15) is 14.0 Å². The van der Waals surface area contributed by atoms with Crippen molar-refractivity contribution in [2.45, 2.75) is 20.3 Å². The van der Waals surface area contributed by atoms with Crippen molar-refractivity contribution in [3.8, 4) is 0 Å². The standard InChI is InChI=1S/C18H18BrFN2O2/c1-12-6-7-15(11-17(12)19)21-18(24)8-9-22(13(2)23)16-5-3-4-14(20)10-16/h3-7,10-11H,8-9H2,1-2H3,(H,21,24). The molecule has 0 saturated carbocycles. The van der Waals surface area contributed by atoms with E-state index in [1.165, 1.54) is 30.0 Å². The topological polar surface area (TPSA) is 49.4 Å². The van der Waals surface area contributed by atoms with E-state index in [4.69, 9.17) is 0 Å². The summed E-state index contributed by atoms with van der Waals surface area (Å²) >= 11 is 3.41. The van der Waals surface area contributed by atoms with Crippen LogP contribution in [0.25, 0.3) is 0 Å². The number of hydrogen-bond donors (Lipinski definition) is 1. The molecule has 0 bridgehead atoms. The number of anilines is 2. The van der Waals surface area contributed by atoms with Gasteiger partial charge in [-0.1, -0.05) is 28.1 Å². The van der Waals surface area contributed by atoms with Crippen LogP contribution in [0.1, 0.15) is 18.9 Å². The summed E-state index contributed by atoms with van der Waals surface area (Å²) in [6, 6.07) is 11.3. The first kappa shape index (κ1) is 18.1. The van der Waals surface area contributed by atoms with Crippen molar-refractivity contribution >= 4 is 39.1 Å². The minimum Gasteiger partial charge on any atom is -0.326 e. The zero-order chi connectivity index (χ0) is 17.7. The Balaban J connectivity index is 2.00. The summed E-state index contributed by atoms with van der Waals surface area (Å²) in [5, 5.41) is 2.79. The molecule has 4 nitrogen and oxygen atoms in total. The number of benzene rings is 2. The van der Waals surface area contributed by atoms with Gasteiger partial charge in [0.2, 0.25) is 11.8 Å². The molecule has 0 aliphatic carbocycles. The highest BCUT2D eigenvalue weighted by Crippen LogP contribution is 2.21. The van der Waals surface area contributed by atoms with Crippen LogP contribution in [-0.2, 0) is 9.59 Å². The number of halogens is 2. The summed E-state index contributed by atoms with van der Waals surface area (Å²) in [4.78, 5) is 25.3. The minimum atomic E-state index is -0.423. The van der Waals surface area contributed by atoms with Gasteiger partial charge in [-0.25, -0.2) is 4.39 Å². The number of nitrogens with zero attached hydrogens (tertiary/aromatic N) is 1. The molecule has 0 heterocycles. The summed E-state index contributed by atoms with van der Waals surface area (Å²) in [6.07, 6.45) is 0.113. The Labute approximate surface area is 148 Å². The number of amides is 2. The van der Waals surface area contributed by atoms with Crippen molar-refractivity contribution in [2.24, 2.45) is 0 Å². The maximum atomic E-state index is 13.3. The molecule has 0 unspecified atom stereocenters. The average Bonchev–Trinajstić information content (AvgIpc) is 2.51. The van der Waals surface area contributed by atoms with Gasteiger partial charge in [-0.3, -0.25) is 9.59 Å². The molecule has 0 atom stereocenters. The largest absolute Gasteiger partial charge is 0.326 e. The van der Waals surface area contributed by atoms with Crippen LogP contribution in [0.4, 0.5) is 15.8 Å². The van der Waals surface area contributed by atoms with Crippen LogP contribution in [0.3, 0.4) is 0 Å². The Morgan fingerprint density at radius 1 is 1.21 bits per heavy atom. The van der Waals surface area contributed by atoms with Gasteiger partial charge in [-0.05, 0) is 42.8 Å². The highest BCUT2D eigenvalue weighted by atomic mass is 79.9. The number of carbonyl (C=O) groups is 2. The summed E-state index contributed by atoms with van der Waals surface area (Å²) in [7, 11) is 0. The lowest BCUT2D eigenvalue weighted by molar-refractivity contribution is -0.117. The molecule has 2 rings (SSSR count). The zero-order valence-electron chi connectivity index (χ0n) is 13.5. The lowest BCUT2D eigenvalue weighted by Gasteiger charge is -2.21. The fourth-order valence-electron chi connectivity index (χ4n) is 2.22. The maximum absolute atomic E-state index is 13.3. The lowest BCUT2D eigenvalue weighted by atomic mass is 10.2. The SMILES string of the molecule is CC(=O)N(CCC(=O)Nc1ccc(C)c(Br)c1)c1cccc(F)c1. The van der Waals surface area contributed by atoms with E-state index in [1.54, 1.807) is 6.07 Å². The quantitative estimate of drug-likeness (QED) is 0.825. The second kappa shape index (κ2) is 8.06. The summed E-state index contributed by atoms with van der Waals surface area (Å²) < 4.78 is 14.2. The number of nitrogens with one attached hydrogen (secondary N) is 1. The van der Waals surface area contributed by atoms with Gasteiger partial charge in [0.15, 0.2) is 0 Å². The van der Waals surface area contributed by atoms with E-state index < -0.39 is 5.82 Å². The molecule has 24 heavy (non-hydrogen) atoms. The summed E-state index contributed by atoms with van der Waals surface area (Å²) in [5.41, 5.74) is 2.19. The fraction of sp³-hybridized carbons (Fsp3) is 0.222. The second-order valence-electron chi connectivity index (χ2n) is 5.41. The molecule has 0 fully saturated rings. The van der Waals surface area contributed by atoms with Gasteiger partial charge in [-0.15, -0.1) is 0 Å². The predicted octanol–water partition coefficient (Wildman–Crippen LogP) is 4.28. The molecule has 126 valence electrons. The van der Waals surface area contributed by atoms with Crippen LogP contribution < -0.4 is 10.2 Å². The van der Waals surface area contributed by atoms with E-state index in [2.05, 4.69) is 21.2 Å². The molecule has 2 aromatic rings. The molecule has 0 saturated heterocycles. The molecule has 0 aliphatic rings. The van der Waals surface area contributed by atoms with Gasteiger partial charge in [-0.2, -0.15) is 0 Å². The third-order valence-corrected chi connectivity index (χ3v) is 4.37. The van der Waals surface area contributed by atoms with Crippen LogP contribution in [0.15, 0.2) is 46.9 Å². The molecule has 1 N–H and O–H groups in total. The molecule has 6 heteroatoms. The van der Waals surface area contributed by atoms with Gasteiger partial charge < -0.3 is 10.2 Å². The average molecular weight is 393 g/mol. The zero-order valence-corrected chi connectivity index (χ0v) is 15.1. The fourth-order valence-corrected chi connectivity index (χ4v) is 2.60. The van der Waals surface area contributed by atoms with Crippen molar-refractivity contribution in [3.63, 3.8) is 0 Å². The third-order valence-electron chi connectivity index (χ3n) is 3.52. The number of hydrogen-bond acceptors (Lipinski definition) is 2. The molecular weight excluding hydrogens is 375 g/mol. The molecule has 2 aromatic carbocycles. The summed E-state index contributed by atoms with van der Waals surface area (Å²) in [6.45, 7) is 3.52. The maximum Gasteiger partial charge on any atom is 0.226 e. The Kier molecular flexibility index (Phi) is 6.09. The monoisotopic (exact) mass is 392 g/mol. The smallest absolute Gasteiger partial charge is 0.226 e. The number of rotatable bonds is 5. The van der Waals surface area contributed by atoms with Crippen LogP contribution in [0.2, 0.25) is 0 Å². The Morgan fingerprint density at radius 2 is 1.96 bits per heavy atom. The molecular formula is C18H18BrFN2O2. The lowest BCUT2D eigenvalue weighted by Crippen LogP contribution is -2.32. The Bertz CT molecular complexity index is 764. The molecule has 0 aliphatic heterocycles. The third kappa shape index (κ3) is 4.89. The first-order valence-corrected chi connectivity index (χ1v) is 8.26. The Hall–Kier alpha value is -2.21. The molecule has 2 amide bonds. The molecule has 0 spiro atoms. The van der Waals surface area contributed by atoms with Gasteiger partial charge in [0, 0.05) is 35.7 Å². The van der Waals surface area contributed by atoms with Crippen LogP contribution in [0, 0.1) is 12.7 Å². The number of carbonyl (C=O) groups excluding carboxylic acids is 2. The summed E-state index contributed by atoms with van der Waals surface area (Å²) in [5.74, 6) is -0.882. The second-order valence-corrected chi connectivity index (χ2v) is 6.27. The van der Waals surface area contributed by atoms with Gasteiger partial charge in [0.05, 0.1) is 0 Å². The minimum absolute atomic E-state index is 0.113. The van der Waals surface area contributed by atoms with E-state index in [0.717, 1.165) is 10.0 Å². The van der Waals surface area contributed by atoms with E-state index in [1.807, 2.05) is 25.1 Å². The first-order chi connectivity index (χ1) is 11.4. The highest BCUT2D eigenvalue weighted by Gasteiger charge is 2.14. The van der Waals surface area contributed by atoms with E-state index in [-0.39, 0.29) is 24.8 Å². The van der Waals surface area contributed by atoms with Gasteiger partial charge in [0.1, 0.15) is 5.82 Å². The highest BCUT2D eigenvalue weighted by molar-refractivity contribution is 9.10. The van der Waals surface area contributed by atoms with Crippen molar-refractivity contribution in [2.75, 3.05) is 16.8 Å². The van der Waals surface area contributed by atoms with Crippen molar-refractivity contribution in [1.82, 2.24) is 0 Å². The van der Waals surface area contributed by atoms with Crippen molar-refractivity contribution in [3.05, 3.63) is 58.3 Å². The van der Waals surface area contributed by atoms with Crippen LogP contribution >= 0.6 is 15.9 Å². The van der Waals surface area contributed by atoms with Gasteiger partial charge in [0.25, 0.3) is 0 Å².